The van der Waals surface area contributed by atoms with Gasteiger partial charge in [-0.05, 0) is 45.7 Å². The van der Waals surface area contributed by atoms with Crippen LogP contribution in [0.3, 0.4) is 0 Å². The molecule has 176 valence electrons. The van der Waals surface area contributed by atoms with Crippen LogP contribution in [0, 0.1) is 11.8 Å². The molecular formula is C21H28F2N4O4S. The maximum absolute atomic E-state index is 15.4. The molecule has 8 nitrogen and oxygen atoms in total. The molecule has 0 N–H and O–H groups in total. The molecular weight excluding hydrogens is 442 g/mol. The second-order valence-corrected chi connectivity index (χ2v) is 10.5. The largest absolute Gasteiger partial charge is 0.444 e. The molecule has 0 saturated carbocycles. The number of ether oxygens (including phenoxy) is 1. The summed E-state index contributed by atoms with van der Waals surface area (Å²) in [7, 11) is -2.63. The van der Waals surface area contributed by atoms with Crippen molar-refractivity contribution in [3.8, 4) is 11.3 Å². The summed E-state index contributed by atoms with van der Waals surface area (Å²) >= 11 is 0. The molecule has 1 amide bonds. The van der Waals surface area contributed by atoms with Gasteiger partial charge in [-0.2, -0.15) is 17.1 Å². The van der Waals surface area contributed by atoms with Crippen molar-refractivity contribution in [2.45, 2.75) is 52.2 Å². The van der Waals surface area contributed by atoms with Gasteiger partial charge in [-0.3, -0.25) is 0 Å². The van der Waals surface area contributed by atoms with Crippen molar-refractivity contribution >= 4 is 16.3 Å². The molecule has 0 bridgehead atoms. The minimum Gasteiger partial charge on any atom is -0.444 e. The molecule has 1 aliphatic heterocycles. The number of aromatic nitrogens is 2. The number of nitrogens with zero attached hydrogens (tertiary/aromatic N) is 4. The van der Waals surface area contributed by atoms with Gasteiger partial charge in [0, 0.05) is 43.6 Å². The molecule has 0 spiro atoms. The minimum atomic E-state index is -4.17. The maximum Gasteiger partial charge on any atom is 0.410 e. The number of hydrogen-bond donors (Lipinski definition) is 0. The highest BCUT2D eigenvalue weighted by molar-refractivity contribution is 7.87. The van der Waals surface area contributed by atoms with Crippen LogP contribution in [-0.2, 0) is 21.6 Å². The molecule has 0 unspecified atom stereocenters. The predicted octanol–water partition coefficient (Wildman–Crippen LogP) is 3.77. The smallest absolute Gasteiger partial charge is 0.410 e. The lowest BCUT2D eigenvalue weighted by molar-refractivity contribution is 0.0753. The number of carbonyl (C=O) groups excluding carboxylic acids is 1. The molecule has 2 aromatic rings. The summed E-state index contributed by atoms with van der Waals surface area (Å²) in [5.41, 5.74) is -1.48. The first-order chi connectivity index (χ1) is 14.9. The first-order valence-electron chi connectivity index (χ1n) is 10.4. The Labute approximate surface area is 187 Å². The van der Waals surface area contributed by atoms with Crippen LogP contribution in [0.15, 0.2) is 24.5 Å². The molecule has 11 heteroatoms. The first-order valence-corrected chi connectivity index (χ1v) is 11.8. The second-order valence-electron chi connectivity index (χ2n) is 8.71. The van der Waals surface area contributed by atoms with Crippen LogP contribution in [0.1, 0.15) is 45.6 Å². The van der Waals surface area contributed by atoms with E-state index in [0.29, 0.717) is 12.8 Å². The lowest BCUT2D eigenvalue weighted by Crippen LogP contribution is -2.42. The van der Waals surface area contributed by atoms with Gasteiger partial charge in [0.25, 0.3) is 0 Å². The van der Waals surface area contributed by atoms with E-state index < -0.39 is 45.9 Å². The molecule has 2 aromatic heterocycles. The van der Waals surface area contributed by atoms with Gasteiger partial charge in [0.1, 0.15) is 12.3 Å². The normalized spacial score (nSPS) is 15.6. The van der Waals surface area contributed by atoms with E-state index in [4.69, 9.17) is 4.74 Å². The lowest BCUT2D eigenvalue weighted by atomic mass is 10.1. The van der Waals surface area contributed by atoms with Crippen molar-refractivity contribution in [1.29, 1.82) is 0 Å². The van der Waals surface area contributed by atoms with Gasteiger partial charge >= 0.3 is 16.3 Å². The molecule has 0 aliphatic carbocycles. The number of piperidine rings is 1. The number of carbonyl (C=O) groups is 1. The van der Waals surface area contributed by atoms with E-state index in [-0.39, 0.29) is 24.2 Å². The highest BCUT2D eigenvalue weighted by atomic mass is 32.2. The van der Waals surface area contributed by atoms with E-state index in [1.165, 1.54) is 27.5 Å². The van der Waals surface area contributed by atoms with Gasteiger partial charge in [-0.25, -0.2) is 18.1 Å². The molecule has 1 saturated heterocycles. The predicted molar refractivity (Wildman–Crippen MR) is 115 cm³/mol. The van der Waals surface area contributed by atoms with Crippen LogP contribution in [0.4, 0.5) is 13.6 Å². The van der Waals surface area contributed by atoms with Crippen LogP contribution in [0.25, 0.3) is 11.3 Å². The average molecular weight is 471 g/mol. The highest BCUT2D eigenvalue weighted by Crippen LogP contribution is 2.32. The van der Waals surface area contributed by atoms with Crippen molar-refractivity contribution in [2.75, 3.05) is 20.1 Å². The third-order valence-corrected chi connectivity index (χ3v) is 7.32. The van der Waals surface area contributed by atoms with Crippen LogP contribution in [0.5, 0.6) is 0 Å². The maximum atomic E-state index is 15.4. The van der Waals surface area contributed by atoms with E-state index in [9.17, 15) is 17.6 Å². The van der Waals surface area contributed by atoms with Gasteiger partial charge in [0.2, 0.25) is 5.95 Å². The Morgan fingerprint density at radius 1 is 1.22 bits per heavy atom. The summed E-state index contributed by atoms with van der Waals surface area (Å²) in [4.78, 5) is 17.2. The Hall–Kier alpha value is -2.53. The van der Waals surface area contributed by atoms with E-state index in [1.807, 2.05) is 0 Å². The first kappa shape index (κ1) is 24.1. The van der Waals surface area contributed by atoms with Crippen molar-refractivity contribution in [3.05, 3.63) is 41.9 Å². The van der Waals surface area contributed by atoms with E-state index in [1.54, 1.807) is 27.8 Å². The fourth-order valence-corrected chi connectivity index (χ4v) is 4.96. The Kier molecular flexibility index (Phi) is 6.89. The zero-order chi connectivity index (χ0) is 23.7. The Balaban J connectivity index is 2.03. The van der Waals surface area contributed by atoms with Gasteiger partial charge < -0.3 is 9.64 Å². The standard InChI is InChI=1S/C21H28F2N4O4S/c1-21(2,3)25(4)20(28)31-14-15-13-27(32(29,30)26-11-6-5-7-12-26)18(17(15)22)16-9-8-10-24-19(16)23/h8-10,13H,5-7,11-12,14H2,1-4H3. The zero-order valence-electron chi connectivity index (χ0n) is 18.6. The summed E-state index contributed by atoms with van der Waals surface area (Å²) < 4.78 is 63.7. The molecule has 3 rings (SSSR count). The van der Waals surface area contributed by atoms with Crippen LogP contribution in [-0.4, -0.2) is 58.3 Å². The van der Waals surface area contributed by atoms with Gasteiger partial charge in [-0.15, -0.1) is 0 Å². The summed E-state index contributed by atoms with van der Waals surface area (Å²) in [6, 6.07) is 2.65. The topological polar surface area (TPSA) is 84.7 Å². The minimum absolute atomic E-state index is 0.181. The average Bonchev–Trinajstić information content (AvgIpc) is 3.08. The van der Waals surface area contributed by atoms with Crippen LogP contribution < -0.4 is 0 Å². The van der Waals surface area contributed by atoms with E-state index >= 15 is 4.39 Å². The van der Waals surface area contributed by atoms with Crippen molar-refractivity contribution in [3.63, 3.8) is 0 Å². The summed E-state index contributed by atoms with van der Waals surface area (Å²) in [6.07, 6.45) is 3.81. The van der Waals surface area contributed by atoms with Gasteiger partial charge in [-0.1, -0.05) is 6.42 Å². The number of pyridine rings is 1. The number of hydrogen-bond acceptors (Lipinski definition) is 5. The molecule has 1 aliphatic rings. The fraction of sp³-hybridized carbons (Fsp3) is 0.524. The van der Waals surface area contributed by atoms with Crippen molar-refractivity contribution < 1.29 is 26.7 Å². The van der Waals surface area contributed by atoms with E-state index in [0.717, 1.165) is 16.6 Å². The van der Waals surface area contributed by atoms with Gasteiger partial charge in [0.15, 0.2) is 5.82 Å². The third kappa shape index (κ3) is 4.78. The number of halogens is 2. The zero-order valence-corrected chi connectivity index (χ0v) is 19.5. The molecule has 3 heterocycles. The fourth-order valence-electron chi connectivity index (χ4n) is 3.32. The molecule has 0 atom stereocenters. The van der Waals surface area contributed by atoms with Gasteiger partial charge in [0.05, 0.1) is 5.56 Å². The van der Waals surface area contributed by atoms with Crippen molar-refractivity contribution in [2.24, 2.45) is 0 Å². The second kappa shape index (κ2) is 9.14. The summed E-state index contributed by atoms with van der Waals surface area (Å²) in [5.74, 6) is -1.99. The van der Waals surface area contributed by atoms with E-state index in [2.05, 4.69) is 4.98 Å². The molecule has 0 radical (unpaired) electrons. The Morgan fingerprint density at radius 2 is 1.88 bits per heavy atom. The third-order valence-electron chi connectivity index (χ3n) is 5.52. The monoisotopic (exact) mass is 470 g/mol. The number of rotatable bonds is 5. The Morgan fingerprint density at radius 3 is 2.47 bits per heavy atom. The molecule has 1 fully saturated rings. The quantitative estimate of drug-likeness (QED) is 0.621. The van der Waals surface area contributed by atoms with Crippen LogP contribution in [0.2, 0.25) is 0 Å². The SMILES string of the molecule is CN(C(=O)OCc1cn(S(=O)(=O)N2CCCCC2)c(-c2cccnc2F)c1F)C(C)(C)C. The molecule has 32 heavy (non-hydrogen) atoms. The molecule has 0 aromatic carbocycles. The van der Waals surface area contributed by atoms with Crippen molar-refractivity contribution in [1.82, 2.24) is 18.2 Å². The summed E-state index contributed by atoms with van der Waals surface area (Å²) in [5, 5.41) is 0. The Bertz CT molecular complexity index is 1090. The highest BCUT2D eigenvalue weighted by Gasteiger charge is 2.33. The number of amides is 1. The summed E-state index contributed by atoms with van der Waals surface area (Å²) in [6.45, 7) is 5.48. The lowest BCUT2D eigenvalue weighted by Gasteiger charge is -2.30. The van der Waals surface area contributed by atoms with Crippen LogP contribution >= 0.6 is 0 Å².